The molecule has 108 valence electrons. The Morgan fingerprint density at radius 1 is 1.29 bits per heavy atom. The number of anilines is 1. The Kier molecular flexibility index (Phi) is 3.29. The van der Waals surface area contributed by atoms with Gasteiger partial charge in [-0.3, -0.25) is 10.1 Å². The van der Waals surface area contributed by atoms with Gasteiger partial charge in [0.1, 0.15) is 17.8 Å². The Morgan fingerprint density at radius 3 is 2.62 bits per heavy atom. The van der Waals surface area contributed by atoms with E-state index in [1.54, 1.807) is 12.1 Å². The van der Waals surface area contributed by atoms with Gasteiger partial charge in [-0.15, -0.1) is 0 Å². The summed E-state index contributed by atoms with van der Waals surface area (Å²) in [4.78, 5) is 14.1. The maximum Gasteiger partial charge on any atom is 0.287 e. The van der Waals surface area contributed by atoms with Crippen LogP contribution in [0.4, 0.5) is 15.9 Å². The van der Waals surface area contributed by atoms with E-state index in [-0.39, 0.29) is 16.9 Å². The number of nitrogens with one attached hydrogen (secondary N) is 1. The first-order valence-electron chi connectivity index (χ1n) is 6.70. The molecule has 1 fully saturated rings. The zero-order chi connectivity index (χ0) is 14.9. The van der Waals surface area contributed by atoms with Gasteiger partial charge in [-0.1, -0.05) is 18.2 Å². The van der Waals surface area contributed by atoms with Crippen LogP contribution in [-0.4, -0.2) is 16.5 Å². The molecule has 6 heteroatoms. The highest BCUT2D eigenvalue weighted by atomic mass is 19.1. The summed E-state index contributed by atoms with van der Waals surface area (Å²) >= 11 is 0. The van der Waals surface area contributed by atoms with E-state index in [1.807, 2.05) is 12.1 Å². The lowest BCUT2D eigenvalue weighted by Gasteiger charge is -2.17. The van der Waals surface area contributed by atoms with Gasteiger partial charge in [0.05, 0.1) is 4.92 Å². The van der Waals surface area contributed by atoms with Crippen LogP contribution in [0, 0.1) is 15.9 Å². The fourth-order valence-corrected chi connectivity index (χ4v) is 2.44. The minimum Gasteiger partial charge on any atom is -0.369 e. The smallest absolute Gasteiger partial charge is 0.287 e. The Labute approximate surface area is 121 Å². The quantitative estimate of drug-likeness (QED) is 0.677. The molecule has 1 aromatic carbocycles. The molecule has 1 saturated carbocycles. The summed E-state index contributed by atoms with van der Waals surface area (Å²) in [5.74, 6) is 0.372. The Bertz CT molecular complexity index is 669. The van der Waals surface area contributed by atoms with Crippen LogP contribution in [-0.2, 0) is 5.41 Å². The van der Waals surface area contributed by atoms with Crippen molar-refractivity contribution in [2.24, 2.45) is 0 Å². The average Bonchev–Trinajstić information content (AvgIpc) is 3.27. The van der Waals surface area contributed by atoms with Crippen molar-refractivity contribution in [1.82, 2.24) is 4.98 Å². The monoisotopic (exact) mass is 287 g/mol. The van der Waals surface area contributed by atoms with E-state index >= 15 is 0 Å². The van der Waals surface area contributed by atoms with E-state index in [0.29, 0.717) is 12.4 Å². The fraction of sp³-hybridized carbons (Fsp3) is 0.267. The largest absolute Gasteiger partial charge is 0.369 e. The maximum atomic E-state index is 13.9. The molecular weight excluding hydrogens is 273 g/mol. The molecule has 5 nitrogen and oxygen atoms in total. The van der Waals surface area contributed by atoms with Crippen LogP contribution in [0.1, 0.15) is 18.4 Å². The molecular formula is C15H14FN3O2. The van der Waals surface area contributed by atoms with Gasteiger partial charge in [0.15, 0.2) is 0 Å². The van der Waals surface area contributed by atoms with E-state index in [4.69, 9.17) is 0 Å². The van der Waals surface area contributed by atoms with Crippen LogP contribution in [0.5, 0.6) is 0 Å². The minimum atomic E-state index is -0.488. The molecule has 21 heavy (non-hydrogen) atoms. The summed E-state index contributed by atoms with van der Waals surface area (Å²) in [5.41, 5.74) is 0.490. The standard InChI is InChI=1S/C15H14FN3O2/c16-13-4-2-1-3-12(13)15(7-8-15)10-18-14-6-5-11(9-17-14)19(20)21/h1-6,9H,7-8,10H2,(H,17,18). The summed E-state index contributed by atoms with van der Waals surface area (Å²) < 4.78 is 13.9. The lowest BCUT2D eigenvalue weighted by Crippen LogP contribution is -2.21. The number of halogens is 1. The first-order chi connectivity index (χ1) is 10.1. The van der Waals surface area contributed by atoms with E-state index in [2.05, 4.69) is 10.3 Å². The number of hydrogen-bond donors (Lipinski definition) is 1. The lowest BCUT2D eigenvalue weighted by molar-refractivity contribution is -0.385. The third-order valence-electron chi connectivity index (χ3n) is 3.87. The van der Waals surface area contributed by atoms with Gasteiger partial charge in [-0.25, -0.2) is 9.37 Å². The molecule has 0 saturated heterocycles. The van der Waals surface area contributed by atoms with Gasteiger partial charge >= 0.3 is 0 Å². The summed E-state index contributed by atoms with van der Waals surface area (Å²) in [6.45, 7) is 0.568. The van der Waals surface area contributed by atoms with Crippen molar-refractivity contribution >= 4 is 11.5 Å². The molecule has 0 radical (unpaired) electrons. The molecule has 1 aliphatic rings. The third kappa shape index (κ3) is 2.69. The molecule has 1 N–H and O–H groups in total. The zero-order valence-electron chi connectivity index (χ0n) is 11.3. The van der Waals surface area contributed by atoms with Crippen LogP contribution < -0.4 is 5.32 Å². The van der Waals surface area contributed by atoms with Crippen molar-refractivity contribution in [3.05, 3.63) is 64.1 Å². The molecule has 0 aliphatic heterocycles. The highest BCUT2D eigenvalue weighted by molar-refractivity contribution is 5.43. The van der Waals surface area contributed by atoms with Crippen LogP contribution in [0.15, 0.2) is 42.6 Å². The van der Waals surface area contributed by atoms with Gasteiger partial charge in [-0.2, -0.15) is 0 Å². The highest BCUT2D eigenvalue weighted by Gasteiger charge is 2.45. The van der Waals surface area contributed by atoms with Crippen LogP contribution >= 0.6 is 0 Å². The van der Waals surface area contributed by atoms with Crippen molar-refractivity contribution in [3.63, 3.8) is 0 Å². The normalized spacial score (nSPS) is 15.5. The molecule has 1 aromatic heterocycles. The SMILES string of the molecule is O=[N+]([O-])c1ccc(NCC2(c3ccccc3F)CC2)nc1. The molecule has 0 atom stereocenters. The molecule has 3 rings (SSSR count). The Hall–Kier alpha value is -2.50. The Balaban J connectivity index is 1.70. The predicted molar refractivity (Wildman–Crippen MR) is 76.7 cm³/mol. The number of hydrogen-bond acceptors (Lipinski definition) is 4. The summed E-state index contributed by atoms with van der Waals surface area (Å²) in [6, 6.07) is 9.77. The maximum absolute atomic E-state index is 13.9. The second kappa shape index (κ2) is 5.12. The second-order valence-corrected chi connectivity index (χ2v) is 5.27. The van der Waals surface area contributed by atoms with Gasteiger partial charge in [0.25, 0.3) is 5.69 Å². The third-order valence-corrected chi connectivity index (χ3v) is 3.87. The van der Waals surface area contributed by atoms with Crippen LogP contribution in [0.2, 0.25) is 0 Å². The molecule has 0 amide bonds. The molecule has 1 aliphatic carbocycles. The van der Waals surface area contributed by atoms with Crippen molar-refractivity contribution in [2.45, 2.75) is 18.3 Å². The van der Waals surface area contributed by atoms with Crippen LogP contribution in [0.3, 0.4) is 0 Å². The average molecular weight is 287 g/mol. The number of nitro groups is 1. The lowest BCUT2D eigenvalue weighted by atomic mass is 9.95. The van der Waals surface area contributed by atoms with Crippen molar-refractivity contribution in [2.75, 3.05) is 11.9 Å². The molecule has 0 unspecified atom stereocenters. The van der Waals surface area contributed by atoms with Crippen molar-refractivity contribution in [3.8, 4) is 0 Å². The molecule has 1 heterocycles. The number of aromatic nitrogens is 1. The van der Waals surface area contributed by atoms with Gasteiger partial charge in [0.2, 0.25) is 0 Å². The number of pyridine rings is 1. The summed E-state index contributed by atoms with van der Waals surface area (Å²) in [5, 5.41) is 13.7. The summed E-state index contributed by atoms with van der Waals surface area (Å²) in [6.07, 6.45) is 3.06. The van der Waals surface area contributed by atoms with Gasteiger partial charge in [-0.05, 0) is 30.5 Å². The zero-order valence-corrected chi connectivity index (χ0v) is 11.3. The minimum absolute atomic E-state index is 0.0456. The first-order valence-corrected chi connectivity index (χ1v) is 6.70. The van der Waals surface area contributed by atoms with Crippen LogP contribution in [0.25, 0.3) is 0 Å². The molecule has 2 aromatic rings. The number of rotatable bonds is 5. The number of nitrogens with zero attached hydrogens (tertiary/aromatic N) is 2. The highest BCUT2D eigenvalue weighted by Crippen LogP contribution is 2.48. The van der Waals surface area contributed by atoms with Crippen molar-refractivity contribution < 1.29 is 9.31 Å². The topological polar surface area (TPSA) is 68.1 Å². The van der Waals surface area contributed by atoms with E-state index in [0.717, 1.165) is 18.4 Å². The van der Waals surface area contributed by atoms with E-state index in [9.17, 15) is 14.5 Å². The number of benzene rings is 1. The second-order valence-electron chi connectivity index (χ2n) is 5.27. The van der Waals surface area contributed by atoms with Gasteiger partial charge < -0.3 is 5.32 Å². The Morgan fingerprint density at radius 2 is 2.05 bits per heavy atom. The first kappa shape index (κ1) is 13.5. The molecule has 0 spiro atoms. The van der Waals surface area contributed by atoms with Gasteiger partial charge in [0, 0.05) is 18.0 Å². The fourth-order valence-electron chi connectivity index (χ4n) is 2.44. The van der Waals surface area contributed by atoms with E-state index in [1.165, 1.54) is 18.3 Å². The van der Waals surface area contributed by atoms with Crippen molar-refractivity contribution in [1.29, 1.82) is 0 Å². The summed E-state index contributed by atoms with van der Waals surface area (Å²) in [7, 11) is 0. The molecule has 0 bridgehead atoms. The predicted octanol–water partition coefficient (Wildman–Crippen LogP) is 3.27. The van der Waals surface area contributed by atoms with E-state index < -0.39 is 4.92 Å².